The minimum atomic E-state index is -0.711. The second kappa shape index (κ2) is 5.14. The summed E-state index contributed by atoms with van der Waals surface area (Å²) in [6.07, 6.45) is 5.70. The van der Waals surface area contributed by atoms with Crippen LogP contribution in [0.4, 0.5) is 10.2 Å². The second-order valence-corrected chi connectivity index (χ2v) is 5.34. The minimum absolute atomic E-state index is 0.384. The predicted molar refractivity (Wildman–Crippen MR) is 69.4 cm³/mol. The third-order valence-corrected chi connectivity index (χ3v) is 3.92. The molecule has 7 heteroatoms. The first-order chi connectivity index (χ1) is 9.60. The van der Waals surface area contributed by atoms with Gasteiger partial charge in [0.1, 0.15) is 6.23 Å². The molecule has 1 aromatic rings. The van der Waals surface area contributed by atoms with E-state index in [0.717, 1.165) is 38.3 Å². The van der Waals surface area contributed by atoms with Gasteiger partial charge in [-0.1, -0.05) is 0 Å². The summed E-state index contributed by atoms with van der Waals surface area (Å²) in [7, 11) is 0. The van der Waals surface area contributed by atoms with Crippen molar-refractivity contribution in [3.8, 4) is 0 Å². The molecule has 1 aromatic heterocycles. The van der Waals surface area contributed by atoms with E-state index in [9.17, 15) is 9.18 Å². The number of nitrogen functional groups attached to an aromatic ring is 1. The van der Waals surface area contributed by atoms with Crippen molar-refractivity contribution in [1.82, 2.24) is 9.55 Å². The van der Waals surface area contributed by atoms with Crippen molar-refractivity contribution in [1.29, 1.82) is 0 Å². The van der Waals surface area contributed by atoms with Crippen molar-refractivity contribution in [2.45, 2.75) is 50.5 Å². The van der Waals surface area contributed by atoms with Crippen molar-refractivity contribution in [2.75, 3.05) is 12.3 Å². The van der Waals surface area contributed by atoms with E-state index in [1.165, 1.54) is 4.57 Å². The molecule has 110 valence electrons. The number of halogens is 1. The van der Waals surface area contributed by atoms with Gasteiger partial charge < -0.3 is 15.2 Å². The summed E-state index contributed by atoms with van der Waals surface area (Å²) in [5, 5.41) is 0. The molecule has 2 aliphatic rings. The summed E-state index contributed by atoms with van der Waals surface area (Å²) in [6.45, 7) is 0.663. The van der Waals surface area contributed by atoms with Crippen LogP contribution in [0.5, 0.6) is 0 Å². The van der Waals surface area contributed by atoms with Crippen LogP contribution >= 0.6 is 0 Å². The molecule has 1 spiro atoms. The van der Waals surface area contributed by atoms with Gasteiger partial charge in [-0.25, -0.2) is 9.18 Å². The lowest BCUT2D eigenvalue weighted by Crippen LogP contribution is -2.45. The fourth-order valence-corrected chi connectivity index (χ4v) is 2.89. The summed E-state index contributed by atoms with van der Waals surface area (Å²) < 4.78 is 26.4. The molecular weight excluding hydrogens is 265 g/mol. The second-order valence-electron chi connectivity index (χ2n) is 5.34. The maximum Gasteiger partial charge on any atom is 0.351 e. The molecule has 3 rings (SSSR count). The molecule has 2 atom stereocenters. The number of hydrogen-bond acceptors (Lipinski definition) is 5. The Hall–Kier alpha value is -1.47. The Bertz CT molecular complexity index is 549. The van der Waals surface area contributed by atoms with Gasteiger partial charge in [0, 0.05) is 12.8 Å². The maximum atomic E-state index is 13.5. The zero-order valence-corrected chi connectivity index (χ0v) is 11.2. The maximum absolute atomic E-state index is 13.5. The van der Waals surface area contributed by atoms with E-state index in [4.69, 9.17) is 15.2 Å². The SMILES string of the molecule is Nc1nc(=O)n(C2CCCC3(CCCCO3)O2)cc1F. The van der Waals surface area contributed by atoms with Gasteiger partial charge in [-0.3, -0.25) is 4.57 Å². The first kappa shape index (κ1) is 13.5. The monoisotopic (exact) mass is 283 g/mol. The Labute approximate surface area is 115 Å². The molecular formula is C13H18FN3O3. The summed E-state index contributed by atoms with van der Waals surface area (Å²) in [5.74, 6) is -1.72. The molecule has 0 aliphatic carbocycles. The average molecular weight is 283 g/mol. The third-order valence-electron chi connectivity index (χ3n) is 3.92. The van der Waals surface area contributed by atoms with Crippen molar-refractivity contribution in [2.24, 2.45) is 0 Å². The van der Waals surface area contributed by atoms with Crippen molar-refractivity contribution < 1.29 is 13.9 Å². The minimum Gasteiger partial charge on any atom is -0.381 e. The van der Waals surface area contributed by atoms with Gasteiger partial charge in [-0.2, -0.15) is 4.98 Å². The van der Waals surface area contributed by atoms with Crippen LogP contribution in [-0.4, -0.2) is 21.9 Å². The Morgan fingerprint density at radius 3 is 2.95 bits per heavy atom. The van der Waals surface area contributed by atoms with Gasteiger partial charge in [0.15, 0.2) is 17.4 Å². The van der Waals surface area contributed by atoms with Gasteiger partial charge in [0.05, 0.1) is 12.8 Å². The summed E-state index contributed by atoms with van der Waals surface area (Å²) in [5.41, 5.74) is 4.69. The quantitative estimate of drug-likeness (QED) is 0.846. The van der Waals surface area contributed by atoms with E-state index in [1.54, 1.807) is 0 Å². The molecule has 20 heavy (non-hydrogen) atoms. The standard InChI is InChI=1S/C13H18FN3O3/c14-9-8-17(12(18)16-11(9)15)10-4-3-6-13(20-10)5-1-2-7-19-13/h8,10H,1-7H2,(H2,15,16,18). The average Bonchev–Trinajstić information content (AvgIpc) is 2.44. The van der Waals surface area contributed by atoms with Crippen LogP contribution in [0.15, 0.2) is 11.0 Å². The highest BCUT2D eigenvalue weighted by atomic mass is 19.1. The van der Waals surface area contributed by atoms with Gasteiger partial charge in [0.25, 0.3) is 0 Å². The molecule has 0 aromatic carbocycles. The van der Waals surface area contributed by atoms with E-state index in [-0.39, 0.29) is 5.82 Å². The molecule has 0 saturated carbocycles. The van der Waals surface area contributed by atoms with Crippen LogP contribution < -0.4 is 11.4 Å². The molecule has 2 unspecified atom stereocenters. The van der Waals surface area contributed by atoms with Crippen LogP contribution in [-0.2, 0) is 9.47 Å². The third kappa shape index (κ3) is 2.43. The van der Waals surface area contributed by atoms with Crippen LogP contribution in [0.25, 0.3) is 0 Å². The Balaban J connectivity index is 1.87. The van der Waals surface area contributed by atoms with Crippen LogP contribution in [0, 0.1) is 5.82 Å². The lowest BCUT2D eigenvalue weighted by molar-refractivity contribution is -0.310. The molecule has 2 aliphatic heterocycles. The molecule has 2 N–H and O–H groups in total. The van der Waals surface area contributed by atoms with Gasteiger partial charge in [0.2, 0.25) is 0 Å². The van der Waals surface area contributed by atoms with Crippen LogP contribution in [0.2, 0.25) is 0 Å². The van der Waals surface area contributed by atoms with Crippen molar-refractivity contribution in [3.05, 3.63) is 22.5 Å². The zero-order chi connectivity index (χ0) is 14.2. The molecule has 2 saturated heterocycles. The fourth-order valence-electron chi connectivity index (χ4n) is 2.89. The summed E-state index contributed by atoms with van der Waals surface area (Å²) in [4.78, 5) is 15.3. The molecule has 6 nitrogen and oxygen atoms in total. The van der Waals surface area contributed by atoms with E-state index in [0.29, 0.717) is 13.0 Å². The number of aromatic nitrogens is 2. The molecule has 0 bridgehead atoms. The summed E-state index contributed by atoms with van der Waals surface area (Å²) in [6, 6.07) is 0. The molecule has 3 heterocycles. The zero-order valence-electron chi connectivity index (χ0n) is 11.2. The molecule has 2 fully saturated rings. The largest absolute Gasteiger partial charge is 0.381 e. The Morgan fingerprint density at radius 2 is 2.20 bits per heavy atom. The summed E-state index contributed by atoms with van der Waals surface area (Å²) >= 11 is 0. The van der Waals surface area contributed by atoms with Crippen molar-refractivity contribution >= 4 is 5.82 Å². The number of rotatable bonds is 1. The van der Waals surface area contributed by atoms with E-state index >= 15 is 0 Å². The van der Waals surface area contributed by atoms with E-state index in [1.807, 2.05) is 0 Å². The highest BCUT2D eigenvalue weighted by Gasteiger charge is 2.40. The highest BCUT2D eigenvalue weighted by molar-refractivity contribution is 5.26. The highest BCUT2D eigenvalue weighted by Crippen LogP contribution is 2.40. The normalized spacial score (nSPS) is 30.6. The Morgan fingerprint density at radius 1 is 1.40 bits per heavy atom. The number of hydrogen-bond donors (Lipinski definition) is 1. The van der Waals surface area contributed by atoms with Crippen molar-refractivity contribution in [3.63, 3.8) is 0 Å². The number of nitrogens with zero attached hydrogens (tertiary/aromatic N) is 2. The molecule has 0 amide bonds. The fraction of sp³-hybridized carbons (Fsp3) is 0.692. The first-order valence-electron chi connectivity index (χ1n) is 6.96. The van der Waals surface area contributed by atoms with E-state index in [2.05, 4.69) is 4.98 Å². The smallest absolute Gasteiger partial charge is 0.351 e. The van der Waals surface area contributed by atoms with Crippen LogP contribution in [0.1, 0.15) is 44.8 Å². The number of ether oxygens (including phenoxy) is 2. The first-order valence-corrected chi connectivity index (χ1v) is 6.96. The van der Waals surface area contributed by atoms with Gasteiger partial charge in [-0.15, -0.1) is 0 Å². The predicted octanol–water partition coefficient (Wildman–Crippen LogP) is 1.56. The Kier molecular flexibility index (Phi) is 3.47. The number of anilines is 1. The topological polar surface area (TPSA) is 79.4 Å². The van der Waals surface area contributed by atoms with Gasteiger partial charge in [-0.05, 0) is 25.7 Å². The lowest BCUT2D eigenvalue weighted by atomic mass is 9.96. The van der Waals surface area contributed by atoms with E-state index < -0.39 is 23.5 Å². The van der Waals surface area contributed by atoms with Crippen LogP contribution in [0.3, 0.4) is 0 Å². The van der Waals surface area contributed by atoms with Gasteiger partial charge >= 0.3 is 5.69 Å². The number of nitrogens with two attached hydrogens (primary N) is 1. The molecule has 0 radical (unpaired) electrons. The lowest BCUT2D eigenvalue weighted by Gasteiger charge is -2.43.